The van der Waals surface area contributed by atoms with Crippen LogP contribution in [0.2, 0.25) is 0 Å². The molecule has 0 aromatic heterocycles. The Bertz CT molecular complexity index is 342. The average Bonchev–Trinajstić information content (AvgIpc) is 2.84. The van der Waals surface area contributed by atoms with Crippen molar-refractivity contribution < 1.29 is 14.6 Å². The molecule has 1 aromatic carbocycles. The highest BCUT2D eigenvalue weighted by molar-refractivity contribution is 5.66. The van der Waals surface area contributed by atoms with E-state index in [0.717, 1.165) is 12.0 Å². The fourth-order valence-corrected chi connectivity index (χ4v) is 1.59. The molecule has 3 nitrogen and oxygen atoms in total. The minimum Gasteiger partial charge on any atom is -0.508 e. The molecule has 1 N–H and O–H groups in total. The first-order valence-electron chi connectivity index (χ1n) is 4.63. The largest absolute Gasteiger partial charge is 0.508 e. The van der Waals surface area contributed by atoms with Gasteiger partial charge in [0.2, 0.25) is 0 Å². The standard InChI is InChI=1S/C11H12O3/c1-7(12)14-11-6-10(11)8-2-4-9(13)5-3-8/h2-5,10-11,13H,6H2,1H3. The first-order valence-corrected chi connectivity index (χ1v) is 4.63. The van der Waals surface area contributed by atoms with E-state index in [1.165, 1.54) is 6.92 Å². The fraction of sp³-hybridized carbons (Fsp3) is 0.364. The van der Waals surface area contributed by atoms with Crippen LogP contribution >= 0.6 is 0 Å². The third kappa shape index (κ3) is 1.87. The van der Waals surface area contributed by atoms with Crippen molar-refractivity contribution in [1.82, 2.24) is 0 Å². The fourth-order valence-electron chi connectivity index (χ4n) is 1.59. The lowest BCUT2D eigenvalue weighted by molar-refractivity contribution is -0.142. The molecular formula is C11H12O3. The van der Waals surface area contributed by atoms with Gasteiger partial charge in [-0.25, -0.2) is 0 Å². The molecule has 0 spiro atoms. The molecule has 1 aliphatic rings. The zero-order valence-corrected chi connectivity index (χ0v) is 7.93. The number of phenolic OH excluding ortho intramolecular Hbond substituents is 1. The van der Waals surface area contributed by atoms with Gasteiger partial charge in [-0.05, 0) is 24.1 Å². The number of benzene rings is 1. The summed E-state index contributed by atoms with van der Waals surface area (Å²) in [5.74, 6) is 0.356. The van der Waals surface area contributed by atoms with Gasteiger partial charge >= 0.3 is 5.97 Å². The molecule has 0 saturated heterocycles. The lowest BCUT2D eigenvalue weighted by Crippen LogP contribution is -2.02. The van der Waals surface area contributed by atoms with E-state index in [0.29, 0.717) is 5.92 Å². The van der Waals surface area contributed by atoms with Crippen molar-refractivity contribution in [3.05, 3.63) is 29.8 Å². The van der Waals surface area contributed by atoms with Crippen LogP contribution in [0.1, 0.15) is 24.8 Å². The van der Waals surface area contributed by atoms with Gasteiger partial charge in [0.25, 0.3) is 0 Å². The predicted molar refractivity (Wildman–Crippen MR) is 51.0 cm³/mol. The maximum atomic E-state index is 10.7. The second-order valence-corrected chi connectivity index (χ2v) is 3.58. The molecule has 0 aliphatic heterocycles. The maximum absolute atomic E-state index is 10.7. The van der Waals surface area contributed by atoms with E-state index in [1.54, 1.807) is 12.1 Å². The molecule has 0 radical (unpaired) electrons. The summed E-state index contributed by atoms with van der Waals surface area (Å²) in [6, 6.07) is 7.03. The Morgan fingerprint density at radius 1 is 1.43 bits per heavy atom. The monoisotopic (exact) mass is 192 g/mol. The molecule has 14 heavy (non-hydrogen) atoms. The number of carbonyl (C=O) groups is 1. The summed E-state index contributed by atoms with van der Waals surface area (Å²) in [6.45, 7) is 1.42. The van der Waals surface area contributed by atoms with Gasteiger partial charge in [0.15, 0.2) is 0 Å². The molecule has 1 aliphatic carbocycles. The minimum atomic E-state index is -0.226. The van der Waals surface area contributed by atoms with Crippen LogP contribution in [0, 0.1) is 0 Å². The van der Waals surface area contributed by atoms with E-state index in [2.05, 4.69) is 0 Å². The average molecular weight is 192 g/mol. The number of ether oxygens (including phenoxy) is 1. The van der Waals surface area contributed by atoms with Crippen LogP contribution in [0.3, 0.4) is 0 Å². The predicted octanol–water partition coefficient (Wildman–Crippen LogP) is 1.81. The van der Waals surface area contributed by atoms with Gasteiger partial charge in [-0.3, -0.25) is 4.79 Å². The Balaban J connectivity index is 1.99. The molecular weight excluding hydrogens is 180 g/mol. The molecule has 1 fully saturated rings. The normalized spacial score (nSPS) is 24.4. The Morgan fingerprint density at radius 3 is 2.64 bits per heavy atom. The lowest BCUT2D eigenvalue weighted by atomic mass is 10.1. The molecule has 2 unspecified atom stereocenters. The van der Waals surface area contributed by atoms with Gasteiger partial charge in [-0.2, -0.15) is 0 Å². The second kappa shape index (κ2) is 3.33. The molecule has 2 rings (SSSR count). The van der Waals surface area contributed by atoms with E-state index < -0.39 is 0 Å². The number of rotatable bonds is 2. The first kappa shape index (κ1) is 9.06. The van der Waals surface area contributed by atoms with Crippen molar-refractivity contribution >= 4 is 5.97 Å². The highest BCUT2D eigenvalue weighted by atomic mass is 16.5. The number of hydrogen-bond donors (Lipinski definition) is 1. The Labute approximate surface area is 82.3 Å². The summed E-state index contributed by atoms with van der Waals surface area (Å²) in [5.41, 5.74) is 1.12. The van der Waals surface area contributed by atoms with E-state index in [9.17, 15) is 4.79 Å². The second-order valence-electron chi connectivity index (χ2n) is 3.58. The summed E-state index contributed by atoms with van der Waals surface area (Å²) >= 11 is 0. The van der Waals surface area contributed by atoms with Gasteiger partial charge in [0, 0.05) is 12.8 Å². The van der Waals surface area contributed by atoms with Gasteiger partial charge in [-0.15, -0.1) is 0 Å². The van der Waals surface area contributed by atoms with Crippen molar-refractivity contribution in [3.8, 4) is 5.75 Å². The van der Waals surface area contributed by atoms with Crippen molar-refractivity contribution in [2.75, 3.05) is 0 Å². The Kier molecular flexibility index (Phi) is 2.15. The molecule has 3 heteroatoms. The van der Waals surface area contributed by atoms with Crippen LogP contribution in [0.25, 0.3) is 0 Å². The minimum absolute atomic E-state index is 0.0389. The summed E-state index contributed by atoms with van der Waals surface area (Å²) in [5, 5.41) is 9.08. The number of carbonyl (C=O) groups excluding carboxylic acids is 1. The highest BCUT2D eigenvalue weighted by Crippen LogP contribution is 2.43. The number of hydrogen-bond acceptors (Lipinski definition) is 3. The van der Waals surface area contributed by atoms with Crippen molar-refractivity contribution in [2.45, 2.75) is 25.4 Å². The topological polar surface area (TPSA) is 46.5 Å². The zero-order valence-electron chi connectivity index (χ0n) is 7.93. The van der Waals surface area contributed by atoms with Crippen molar-refractivity contribution in [1.29, 1.82) is 0 Å². The van der Waals surface area contributed by atoms with Crippen molar-refractivity contribution in [3.63, 3.8) is 0 Å². The third-order valence-corrected chi connectivity index (χ3v) is 2.37. The quantitative estimate of drug-likeness (QED) is 0.727. The maximum Gasteiger partial charge on any atom is 0.302 e. The smallest absolute Gasteiger partial charge is 0.302 e. The Hall–Kier alpha value is -1.51. The zero-order chi connectivity index (χ0) is 10.1. The number of esters is 1. The first-order chi connectivity index (χ1) is 6.66. The molecule has 0 heterocycles. The number of phenols is 1. The molecule has 1 aromatic rings. The third-order valence-electron chi connectivity index (χ3n) is 2.37. The Morgan fingerprint density at radius 2 is 2.07 bits per heavy atom. The number of aromatic hydroxyl groups is 1. The molecule has 0 bridgehead atoms. The van der Waals surface area contributed by atoms with Gasteiger partial charge in [0.05, 0.1) is 0 Å². The summed E-state index contributed by atoms with van der Waals surface area (Å²) in [6.07, 6.45) is 0.932. The van der Waals surface area contributed by atoms with E-state index >= 15 is 0 Å². The van der Waals surface area contributed by atoms with Crippen LogP contribution in [-0.2, 0) is 9.53 Å². The SMILES string of the molecule is CC(=O)OC1CC1c1ccc(O)cc1. The van der Waals surface area contributed by atoms with E-state index in [1.807, 2.05) is 12.1 Å². The van der Waals surface area contributed by atoms with Crippen LogP contribution in [0.5, 0.6) is 5.75 Å². The summed E-state index contributed by atoms with van der Waals surface area (Å²) in [4.78, 5) is 10.7. The van der Waals surface area contributed by atoms with Crippen molar-refractivity contribution in [2.24, 2.45) is 0 Å². The van der Waals surface area contributed by atoms with Crippen LogP contribution in [-0.4, -0.2) is 17.2 Å². The molecule has 0 amide bonds. The molecule has 2 atom stereocenters. The lowest BCUT2D eigenvalue weighted by Gasteiger charge is -2.01. The van der Waals surface area contributed by atoms with Gasteiger partial charge < -0.3 is 9.84 Å². The molecule has 1 saturated carbocycles. The summed E-state index contributed by atoms with van der Waals surface area (Å²) < 4.78 is 5.06. The molecule has 74 valence electrons. The van der Waals surface area contributed by atoms with Crippen LogP contribution in [0.15, 0.2) is 24.3 Å². The summed E-state index contributed by atoms with van der Waals surface area (Å²) in [7, 11) is 0. The van der Waals surface area contributed by atoms with Gasteiger partial charge in [-0.1, -0.05) is 12.1 Å². The van der Waals surface area contributed by atoms with Gasteiger partial charge in [0.1, 0.15) is 11.9 Å². The highest BCUT2D eigenvalue weighted by Gasteiger charge is 2.41. The van der Waals surface area contributed by atoms with E-state index in [4.69, 9.17) is 9.84 Å². The van der Waals surface area contributed by atoms with E-state index in [-0.39, 0.29) is 17.8 Å². The van der Waals surface area contributed by atoms with Crippen LogP contribution in [0.4, 0.5) is 0 Å². The van der Waals surface area contributed by atoms with Crippen LogP contribution < -0.4 is 0 Å².